The van der Waals surface area contributed by atoms with Crippen molar-refractivity contribution in [3.63, 3.8) is 0 Å². The number of hydrogen-bond donors (Lipinski definition) is 1. The highest BCUT2D eigenvalue weighted by Crippen LogP contribution is 2.19. The van der Waals surface area contributed by atoms with E-state index in [0.717, 1.165) is 0 Å². The summed E-state index contributed by atoms with van der Waals surface area (Å²) < 4.78 is 5.23. The summed E-state index contributed by atoms with van der Waals surface area (Å²) in [5.74, 6) is 0. The van der Waals surface area contributed by atoms with E-state index in [1.54, 1.807) is 25.3 Å². The Morgan fingerprint density at radius 2 is 2.17 bits per heavy atom. The monoisotopic (exact) mass is 336 g/mol. The molecule has 2 atom stereocenters. The molecule has 1 aromatic carbocycles. The molecule has 0 radical (unpaired) electrons. The summed E-state index contributed by atoms with van der Waals surface area (Å²) in [7, 11) is 3.53. The van der Waals surface area contributed by atoms with Gasteiger partial charge in [-0.1, -0.05) is 0 Å². The minimum atomic E-state index is -0.615. The van der Waals surface area contributed by atoms with Crippen LogP contribution in [0.15, 0.2) is 29.4 Å². The molecule has 24 heavy (non-hydrogen) atoms. The maximum atomic E-state index is 12.2. The van der Waals surface area contributed by atoms with Gasteiger partial charge in [-0.3, -0.25) is 15.0 Å². The van der Waals surface area contributed by atoms with Crippen molar-refractivity contribution in [2.24, 2.45) is 5.10 Å². The molecule has 130 valence electrons. The third-order valence-corrected chi connectivity index (χ3v) is 3.54. The Kier molecular flexibility index (Phi) is 5.69. The molecule has 9 nitrogen and oxygen atoms in total. The van der Waals surface area contributed by atoms with Crippen molar-refractivity contribution in [3.05, 3.63) is 39.9 Å². The molecular weight excluding hydrogens is 316 g/mol. The van der Waals surface area contributed by atoms with Gasteiger partial charge in [-0.25, -0.2) is 4.79 Å². The molecule has 0 saturated carbocycles. The second-order valence-electron chi connectivity index (χ2n) is 5.70. The lowest BCUT2D eigenvalue weighted by molar-refractivity contribution is -0.384. The maximum absolute atomic E-state index is 12.2. The maximum Gasteiger partial charge on any atom is 0.410 e. The van der Waals surface area contributed by atoms with Crippen LogP contribution >= 0.6 is 0 Å². The van der Waals surface area contributed by atoms with Crippen LogP contribution in [-0.4, -0.2) is 65.0 Å². The third kappa shape index (κ3) is 4.66. The molecule has 1 amide bonds. The molecule has 0 unspecified atom stereocenters. The summed E-state index contributed by atoms with van der Waals surface area (Å²) in [5.41, 5.74) is 0.625. The molecule has 0 spiro atoms. The average molecular weight is 336 g/mol. The first-order valence-corrected chi connectivity index (χ1v) is 7.43. The molecule has 1 aliphatic rings. The van der Waals surface area contributed by atoms with Crippen molar-refractivity contribution in [3.8, 4) is 0 Å². The Labute approximate surface area is 139 Å². The van der Waals surface area contributed by atoms with Gasteiger partial charge in [0.1, 0.15) is 6.61 Å². The number of rotatable bonds is 5. The second-order valence-corrected chi connectivity index (χ2v) is 5.70. The molecule has 0 aliphatic carbocycles. The molecule has 1 fully saturated rings. The number of ether oxygens (including phenoxy) is 1. The van der Waals surface area contributed by atoms with Crippen molar-refractivity contribution in [2.45, 2.75) is 25.2 Å². The topological polar surface area (TPSA) is 109 Å². The van der Waals surface area contributed by atoms with Crippen LogP contribution in [0.5, 0.6) is 0 Å². The number of carbonyl (C=O) groups excluding carboxylic acids is 1. The molecular formula is C15H20N4O5. The smallest absolute Gasteiger partial charge is 0.410 e. The van der Waals surface area contributed by atoms with Gasteiger partial charge in [0.2, 0.25) is 0 Å². The summed E-state index contributed by atoms with van der Waals surface area (Å²) >= 11 is 0. The van der Waals surface area contributed by atoms with Crippen LogP contribution in [0, 0.1) is 10.1 Å². The number of hydrazone groups is 1. The quantitative estimate of drug-likeness (QED) is 0.492. The predicted octanol–water partition coefficient (Wildman–Crippen LogP) is 1.21. The number of carbonyl (C=O) groups is 1. The van der Waals surface area contributed by atoms with Crippen molar-refractivity contribution in [1.29, 1.82) is 0 Å². The van der Waals surface area contributed by atoms with Gasteiger partial charge >= 0.3 is 6.09 Å². The first-order valence-electron chi connectivity index (χ1n) is 7.43. The van der Waals surface area contributed by atoms with Gasteiger partial charge < -0.3 is 14.9 Å². The predicted molar refractivity (Wildman–Crippen MR) is 86.6 cm³/mol. The molecule has 9 heteroatoms. The van der Waals surface area contributed by atoms with Gasteiger partial charge in [-0.05, 0) is 17.7 Å². The van der Waals surface area contributed by atoms with Gasteiger partial charge in [0.05, 0.1) is 23.6 Å². The van der Waals surface area contributed by atoms with E-state index in [4.69, 9.17) is 4.74 Å². The van der Waals surface area contributed by atoms with Crippen LogP contribution in [0.25, 0.3) is 0 Å². The van der Waals surface area contributed by atoms with E-state index in [0.29, 0.717) is 12.0 Å². The number of aliphatic hydroxyl groups is 1. The van der Waals surface area contributed by atoms with E-state index < -0.39 is 17.1 Å². The number of nitrogens with zero attached hydrogens (tertiary/aromatic N) is 4. The molecule has 0 bridgehead atoms. The summed E-state index contributed by atoms with van der Waals surface area (Å²) in [6.45, 7) is 0.185. The minimum absolute atomic E-state index is 0.000959. The summed E-state index contributed by atoms with van der Waals surface area (Å²) in [4.78, 5) is 23.7. The van der Waals surface area contributed by atoms with E-state index >= 15 is 0 Å². The highest BCUT2D eigenvalue weighted by atomic mass is 16.6. The zero-order valence-electron chi connectivity index (χ0n) is 13.5. The Hall–Kier alpha value is -2.68. The zero-order chi connectivity index (χ0) is 17.7. The van der Waals surface area contributed by atoms with Gasteiger partial charge in [0.25, 0.3) is 5.69 Å². The number of likely N-dealkylation sites (tertiary alicyclic amines) is 1. The number of β-amino-alcohol motifs (C(OH)–C–C–N with tert-alkyl or cyclic N) is 1. The van der Waals surface area contributed by atoms with E-state index in [2.05, 4.69) is 5.10 Å². The fraction of sp³-hybridized carbons (Fsp3) is 0.467. The van der Waals surface area contributed by atoms with E-state index in [-0.39, 0.29) is 24.9 Å². The summed E-state index contributed by atoms with van der Waals surface area (Å²) in [6, 6.07) is 5.46. The van der Waals surface area contributed by atoms with Gasteiger partial charge in [-0.15, -0.1) is 0 Å². The fourth-order valence-electron chi connectivity index (χ4n) is 2.35. The number of nitro benzene ring substituents is 1. The van der Waals surface area contributed by atoms with Crippen LogP contribution in [-0.2, 0) is 11.3 Å². The summed E-state index contributed by atoms with van der Waals surface area (Å²) in [6.07, 6.45) is 0.837. The molecule has 1 N–H and O–H groups in total. The fourth-order valence-corrected chi connectivity index (χ4v) is 2.35. The lowest BCUT2D eigenvalue weighted by Gasteiger charge is -2.21. The zero-order valence-corrected chi connectivity index (χ0v) is 13.5. The minimum Gasteiger partial charge on any atom is -0.445 e. The molecule has 1 heterocycles. The van der Waals surface area contributed by atoms with Gasteiger partial charge in [0, 0.05) is 38.9 Å². The lowest BCUT2D eigenvalue weighted by atomic mass is 10.2. The SMILES string of the molecule is CN(C)/N=C/[C@@H]1C[C@@H](O)CN1C(=O)OCc1ccc([N+](=O)[O-])cc1. The highest BCUT2D eigenvalue weighted by molar-refractivity contribution is 5.76. The first kappa shape index (κ1) is 17.7. The van der Waals surface area contributed by atoms with Gasteiger partial charge in [-0.2, -0.15) is 5.10 Å². The molecule has 1 saturated heterocycles. The number of amides is 1. The largest absolute Gasteiger partial charge is 0.445 e. The highest BCUT2D eigenvalue weighted by Gasteiger charge is 2.34. The molecule has 1 aromatic rings. The van der Waals surface area contributed by atoms with Crippen LogP contribution in [0.3, 0.4) is 0 Å². The standard InChI is InChI=1S/C15H20N4O5/c1-17(2)16-8-13-7-14(20)9-18(13)15(21)24-10-11-3-5-12(6-4-11)19(22)23/h3-6,8,13-14,20H,7,9-10H2,1-2H3/b16-8+/t13-,14+/m0/s1. The summed E-state index contributed by atoms with van der Waals surface area (Å²) in [5, 5.41) is 26.1. The van der Waals surface area contributed by atoms with E-state index in [1.807, 2.05) is 0 Å². The Morgan fingerprint density at radius 3 is 2.75 bits per heavy atom. The van der Waals surface area contributed by atoms with Gasteiger partial charge in [0.15, 0.2) is 0 Å². The average Bonchev–Trinajstić information content (AvgIpc) is 2.92. The Balaban J connectivity index is 1.94. The van der Waals surface area contributed by atoms with Crippen LogP contribution in [0.4, 0.5) is 10.5 Å². The first-order chi connectivity index (χ1) is 11.4. The second kappa shape index (κ2) is 7.73. The lowest BCUT2D eigenvalue weighted by Crippen LogP contribution is -2.37. The number of aliphatic hydroxyl groups excluding tert-OH is 1. The Bertz CT molecular complexity index is 617. The van der Waals surface area contributed by atoms with Crippen molar-refractivity contribution >= 4 is 18.0 Å². The van der Waals surface area contributed by atoms with Crippen LogP contribution in [0.1, 0.15) is 12.0 Å². The van der Waals surface area contributed by atoms with Crippen molar-refractivity contribution < 1.29 is 19.6 Å². The normalized spacial score (nSPS) is 20.4. The molecule has 0 aromatic heterocycles. The van der Waals surface area contributed by atoms with Crippen molar-refractivity contribution in [2.75, 3.05) is 20.6 Å². The van der Waals surface area contributed by atoms with E-state index in [9.17, 15) is 20.0 Å². The van der Waals surface area contributed by atoms with Crippen LogP contribution < -0.4 is 0 Å². The van der Waals surface area contributed by atoms with E-state index in [1.165, 1.54) is 29.2 Å². The number of hydrogen-bond acceptors (Lipinski definition) is 7. The molecule has 1 aliphatic heterocycles. The molecule has 2 rings (SSSR count). The number of nitro groups is 1. The third-order valence-electron chi connectivity index (χ3n) is 3.54. The number of benzene rings is 1. The number of non-ortho nitro benzene ring substituents is 1. The van der Waals surface area contributed by atoms with Crippen LogP contribution in [0.2, 0.25) is 0 Å². The van der Waals surface area contributed by atoms with Crippen molar-refractivity contribution in [1.82, 2.24) is 9.91 Å². The Morgan fingerprint density at radius 1 is 1.50 bits per heavy atom.